The lowest BCUT2D eigenvalue weighted by Gasteiger charge is -2.47. The Labute approximate surface area is 228 Å². The second kappa shape index (κ2) is 9.88. The van der Waals surface area contributed by atoms with Gasteiger partial charge in [-0.15, -0.1) is 0 Å². The first-order valence-corrected chi connectivity index (χ1v) is 12.3. The molecule has 0 spiro atoms. The van der Waals surface area contributed by atoms with Gasteiger partial charge in [-0.3, -0.25) is 19.7 Å². The van der Waals surface area contributed by atoms with E-state index in [4.69, 9.17) is 12.6 Å². The van der Waals surface area contributed by atoms with E-state index in [1.165, 1.54) is 29.2 Å². The maximum Gasteiger partial charge on any atom is 0.288 e. The van der Waals surface area contributed by atoms with Gasteiger partial charge >= 0.3 is 0 Å². The molecule has 40 heavy (non-hydrogen) atoms. The van der Waals surface area contributed by atoms with Gasteiger partial charge in [0.05, 0.1) is 13.2 Å². The summed E-state index contributed by atoms with van der Waals surface area (Å²) >= 11 is 0. The molecule has 0 bridgehead atoms. The molecule has 2 aromatic rings. The lowest BCUT2D eigenvalue weighted by Crippen LogP contribution is -2.79. The SMILES string of the molecule is [B]C1(O)C(N2Cc3c(NCc4ccc(C(O)(O)N5CCOCC5)cc4F)cccc3C2=O)C(=O)NC(=O)C1(O)O. The van der Waals surface area contributed by atoms with Crippen LogP contribution >= 0.6 is 0 Å². The van der Waals surface area contributed by atoms with Crippen LogP contribution in [0.4, 0.5) is 10.1 Å². The third kappa shape index (κ3) is 4.45. The summed E-state index contributed by atoms with van der Waals surface area (Å²) in [5.74, 6) is -10.3. The van der Waals surface area contributed by atoms with Gasteiger partial charge in [-0.05, 0) is 18.2 Å². The Morgan fingerprint density at radius 3 is 2.50 bits per heavy atom. The number of rotatable bonds is 6. The molecular formula is C25H26BFN4O9. The van der Waals surface area contributed by atoms with Crippen molar-refractivity contribution < 1.29 is 49.0 Å². The number of carbonyl (C=O) groups excluding carboxylic acids is 3. The van der Waals surface area contributed by atoms with Gasteiger partial charge in [0.1, 0.15) is 25.2 Å². The predicted octanol–water partition coefficient (Wildman–Crippen LogP) is -2.62. The topological polar surface area (TPSA) is 192 Å². The van der Waals surface area contributed by atoms with Gasteiger partial charge in [0, 0.05) is 54.1 Å². The molecule has 2 aromatic carbocycles. The molecule has 15 heteroatoms. The van der Waals surface area contributed by atoms with Gasteiger partial charge in [-0.2, -0.15) is 0 Å². The summed E-state index contributed by atoms with van der Waals surface area (Å²) in [6, 6.07) is 6.33. The lowest BCUT2D eigenvalue weighted by molar-refractivity contribution is -0.287. The molecule has 3 amide bonds. The molecule has 2 unspecified atom stereocenters. The number of amides is 3. The standard InChI is InChI=1S/C25H26BFN4O9/c26-23(35)19(20(32)29-22(34)24(23,36)37)31-12-16-15(21(31)33)2-1-3-18(16)28-11-13-4-5-14(10-17(13)27)25(38,39)30-6-8-40-9-7-30/h1-5,10,19,28,35-39H,6-9,11-12H2,(H,29,32,34). The number of nitrogens with one attached hydrogen (secondary N) is 2. The van der Waals surface area contributed by atoms with E-state index in [1.807, 2.05) is 0 Å². The fourth-order valence-corrected chi connectivity index (χ4v) is 5.09. The van der Waals surface area contributed by atoms with E-state index in [0.29, 0.717) is 24.5 Å². The van der Waals surface area contributed by atoms with Gasteiger partial charge < -0.3 is 40.5 Å². The molecule has 7 N–H and O–H groups in total. The number of carbonyl (C=O) groups is 3. The number of imide groups is 1. The van der Waals surface area contributed by atoms with Gasteiger partial charge in [-0.25, -0.2) is 9.29 Å². The average Bonchev–Trinajstić information content (AvgIpc) is 3.23. The minimum atomic E-state index is -3.56. The highest BCUT2D eigenvalue weighted by atomic mass is 19.1. The Bertz CT molecular complexity index is 1380. The monoisotopic (exact) mass is 556 g/mol. The number of aliphatic hydroxyl groups is 5. The molecule has 2 radical (unpaired) electrons. The van der Waals surface area contributed by atoms with Crippen LogP contribution in [0.3, 0.4) is 0 Å². The number of nitrogens with zero attached hydrogens (tertiary/aromatic N) is 2. The van der Waals surface area contributed by atoms with E-state index in [9.17, 15) is 44.3 Å². The van der Waals surface area contributed by atoms with Crippen molar-refractivity contribution in [1.29, 1.82) is 0 Å². The van der Waals surface area contributed by atoms with Crippen LogP contribution in [0, 0.1) is 5.82 Å². The molecular weight excluding hydrogens is 530 g/mol. The van der Waals surface area contributed by atoms with Crippen molar-refractivity contribution in [1.82, 2.24) is 15.1 Å². The zero-order chi connectivity index (χ0) is 29.0. The second-order valence-electron chi connectivity index (χ2n) is 9.88. The number of halogens is 1. The molecule has 2 atom stereocenters. The summed E-state index contributed by atoms with van der Waals surface area (Å²) in [5.41, 5.74) is -2.27. The molecule has 2 saturated heterocycles. The largest absolute Gasteiger partial charge is 0.391 e. The Balaban J connectivity index is 1.34. The van der Waals surface area contributed by atoms with Crippen molar-refractivity contribution in [2.24, 2.45) is 0 Å². The Morgan fingerprint density at radius 1 is 1.12 bits per heavy atom. The van der Waals surface area contributed by atoms with Crippen molar-refractivity contribution in [3.05, 3.63) is 64.5 Å². The van der Waals surface area contributed by atoms with E-state index >= 15 is 0 Å². The minimum absolute atomic E-state index is 0.0557. The minimum Gasteiger partial charge on any atom is -0.391 e. The Kier molecular flexibility index (Phi) is 6.95. The number of hydrogen-bond acceptors (Lipinski definition) is 11. The molecule has 0 saturated carbocycles. The van der Waals surface area contributed by atoms with Crippen LogP contribution in [0.5, 0.6) is 0 Å². The quantitative estimate of drug-likeness (QED) is 0.112. The first-order chi connectivity index (χ1) is 18.8. The Hall–Kier alpha value is -3.44. The van der Waals surface area contributed by atoms with Crippen LogP contribution < -0.4 is 10.6 Å². The number of benzene rings is 2. The van der Waals surface area contributed by atoms with Crippen molar-refractivity contribution in [2.45, 2.75) is 36.3 Å². The smallest absolute Gasteiger partial charge is 0.288 e. The fourth-order valence-electron chi connectivity index (χ4n) is 5.09. The maximum absolute atomic E-state index is 15.0. The fraction of sp³-hybridized carbons (Fsp3) is 0.400. The predicted molar refractivity (Wildman–Crippen MR) is 133 cm³/mol. The van der Waals surface area contributed by atoms with Crippen LogP contribution in [0.1, 0.15) is 27.0 Å². The molecule has 13 nitrogen and oxygen atoms in total. The van der Waals surface area contributed by atoms with Crippen molar-refractivity contribution in [2.75, 3.05) is 31.6 Å². The molecule has 3 aliphatic rings. The van der Waals surface area contributed by atoms with E-state index < -0.39 is 46.8 Å². The summed E-state index contributed by atoms with van der Waals surface area (Å²) in [7, 11) is 5.62. The number of fused-ring (bicyclic) bond motifs is 1. The van der Waals surface area contributed by atoms with Crippen LogP contribution in [0.15, 0.2) is 36.4 Å². The van der Waals surface area contributed by atoms with E-state index in [2.05, 4.69) is 5.32 Å². The third-order valence-corrected chi connectivity index (χ3v) is 7.45. The highest BCUT2D eigenvalue weighted by Gasteiger charge is 2.64. The van der Waals surface area contributed by atoms with Gasteiger partial charge in [0.25, 0.3) is 29.4 Å². The first-order valence-electron chi connectivity index (χ1n) is 12.3. The molecule has 3 heterocycles. The van der Waals surface area contributed by atoms with Crippen LogP contribution in [-0.2, 0) is 33.3 Å². The Morgan fingerprint density at radius 2 is 1.82 bits per heavy atom. The van der Waals surface area contributed by atoms with Crippen LogP contribution in [0.25, 0.3) is 0 Å². The highest BCUT2D eigenvalue weighted by Crippen LogP contribution is 2.37. The van der Waals surface area contributed by atoms with Crippen LogP contribution in [-0.4, -0.2) is 105 Å². The summed E-state index contributed by atoms with van der Waals surface area (Å²) in [6.45, 7) is 0.744. The van der Waals surface area contributed by atoms with Crippen molar-refractivity contribution in [3.63, 3.8) is 0 Å². The lowest BCUT2D eigenvalue weighted by atomic mass is 9.66. The van der Waals surface area contributed by atoms with E-state index in [-0.39, 0.29) is 42.9 Å². The zero-order valence-electron chi connectivity index (χ0n) is 21.0. The molecule has 2 fully saturated rings. The number of morpholine rings is 1. The van der Waals surface area contributed by atoms with E-state index in [0.717, 1.165) is 11.0 Å². The molecule has 210 valence electrons. The van der Waals surface area contributed by atoms with Gasteiger partial charge in [0.2, 0.25) is 0 Å². The number of anilines is 1. The van der Waals surface area contributed by atoms with Gasteiger partial charge in [-0.1, -0.05) is 18.2 Å². The molecule has 5 rings (SSSR count). The summed E-state index contributed by atoms with van der Waals surface area (Å²) < 4.78 is 20.2. The second-order valence-corrected chi connectivity index (χ2v) is 9.88. The number of hydrogen-bond donors (Lipinski definition) is 7. The maximum atomic E-state index is 15.0. The third-order valence-electron chi connectivity index (χ3n) is 7.45. The van der Waals surface area contributed by atoms with Crippen molar-refractivity contribution in [3.8, 4) is 0 Å². The zero-order valence-corrected chi connectivity index (χ0v) is 21.0. The molecule has 3 aliphatic heterocycles. The molecule has 0 aromatic heterocycles. The number of piperidine rings is 1. The highest BCUT2D eigenvalue weighted by molar-refractivity contribution is 6.24. The summed E-state index contributed by atoms with van der Waals surface area (Å²) in [4.78, 5) is 39.7. The normalized spacial score (nSPS) is 25.1. The summed E-state index contributed by atoms with van der Waals surface area (Å²) in [5, 5.41) is 56.6. The van der Waals surface area contributed by atoms with Crippen LogP contribution in [0.2, 0.25) is 0 Å². The van der Waals surface area contributed by atoms with Crippen molar-refractivity contribution >= 4 is 31.3 Å². The average molecular weight is 556 g/mol. The van der Waals surface area contributed by atoms with E-state index in [1.54, 1.807) is 11.4 Å². The van der Waals surface area contributed by atoms with Gasteiger partial charge in [0.15, 0.2) is 0 Å². The summed E-state index contributed by atoms with van der Waals surface area (Å²) in [6.07, 6.45) is 0. The first kappa shape index (κ1) is 28.1. The molecule has 0 aliphatic carbocycles. The number of ether oxygens (including phenoxy) is 1.